The maximum Gasteiger partial charge on any atom is 0.161 e. The molecule has 82 valence electrons. The Bertz CT molecular complexity index is 449. The van der Waals surface area contributed by atoms with Gasteiger partial charge in [-0.15, -0.1) is 0 Å². The molecular formula is C12H10Br2N2. The Morgan fingerprint density at radius 2 is 1.31 bits per heavy atom. The normalized spacial score (nSPS) is 10.5. The Hall–Kier alpha value is -0.740. The fourth-order valence-electron chi connectivity index (χ4n) is 1.62. The van der Waals surface area contributed by atoms with E-state index in [0.717, 1.165) is 20.6 Å². The van der Waals surface area contributed by atoms with Gasteiger partial charge in [-0.2, -0.15) is 0 Å². The van der Waals surface area contributed by atoms with E-state index in [1.807, 2.05) is 6.07 Å². The second-order valence-electron chi connectivity index (χ2n) is 3.71. The van der Waals surface area contributed by atoms with Gasteiger partial charge in [0, 0.05) is 11.6 Å². The zero-order chi connectivity index (χ0) is 11.7. The number of aromatic nitrogens is 2. The molecule has 0 spiro atoms. The summed E-state index contributed by atoms with van der Waals surface area (Å²) in [6.45, 7) is 4.15. The Morgan fingerprint density at radius 1 is 0.812 bits per heavy atom. The Labute approximate surface area is 111 Å². The van der Waals surface area contributed by atoms with Crippen molar-refractivity contribution in [3.63, 3.8) is 0 Å². The second-order valence-corrected chi connectivity index (χ2v) is 5.34. The second kappa shape index (κ2) is 4.63. The molecule has 4 heteroatoms. The topological polar surface area (TPSA) is 25.8 Å². The van der Waals surface area contributed by atoms with E-state index in [4.69, 9.17) is 0 Å². The van der Waals surface area contributed by atoms with E-state index in [0.29, 0.717) is 0 Å². The number of hydrogen-bond donors (Lipinski definition) is 0. The molecule has 0 bridgehead atoms. The van der Waals surface area contributed by atoms with Crippen molar-refractivity contribution < 1.29 is 0 Å². The maximum atomic E-state index is 4.36. The summed E-state index contributed by atoms with van der Waals surface area (Å²) >= 11 is 6.73. The summed E-state index contributed by atoms with van der Waals surface area (Å²) in [6.07, 6.45) is 0. The molecule has 1 aromatic carbocycles. The summed E-state index contributed by atoms with van der Waals surface area (Å²) < 4.78 is 1.56. The lowest BCUT2D eigenvalue weighted by atomic mass is 10.1. The van der Waals surface area contributed by atoms with E-state index in [-0.39, 0.29) is 0 Å². The highest BCUT2D eigenvalue weighted by molar-refractivity contribution is 9.11. The lowest BCUT2D eigenvalue weighted by molar-refractivity contribution is 1.12. The van der Waals surface area contributed by atoms with Crippen molar-refractivity contribution >= 4 is 31.9 Å². The first-order chi connectivity index (χ1) is 7.54. The molecule has 0 atom stereocenters. The molecule has 0 aliphatic carbocycles. The molecule has 0 radical (unpaired) electrons. The van der Waals surface area contributed by atoms with Crippen LogP contribution in [0.4, 0.5) is 0 Å². The first-order valence-corrected chi connectivity index (χ1v) is 6.42. The van der Waals surface area contributed by atoms with E-state index >= 15 is 0 Å². The third-order valence-corrected chi connectivity index (χ3v) is 2.96. The maximum absolute atomic E-state index is 4.36. The van der Waals surface area contributed by atoms with Crippen LogP contribution in [0.3, 0.4) is 0 Å². The van der Waals surface area contributed by atoms with Crippen LogP contribution in [0.25, 0.3) is 11.4 Å². The summed E-state index contributed by atoms with van der Waals surface area (Å²) in [4.78, 5) is 8.72. The summed E-state index contributed by atoms with van der Waals surface area (Å²) in [5, 5.41) is 0. The van der Waals surface area contributed by atoms with Gasteiger partial charge >= 0.3 is 0 Å². The number of halogens is 2. The molecule has 1 heterocycles. The van der Waals surface area contributed by atoms with Gasteiger partial charge < -0.3 is 0 Å². The lowest BCUT2D eigenvalue weighted by Crippen LogP contribution is -1.91. The van der Waals surface area contributed by atoms with Crippen LogP contribution in [0.15, 0.2) is 33.5 Å². The number of aryl methyl sites for hydroxylation is 2. The van der Waals surface area contributed by atoms with Gasteiger partial charge in [-0.05, 0) is 57.8 Å². The van der Waals surface area contributed by atoms with Crippen molar-refractivity contribution in [2.45, 2.75) is 13.8 Å². The first kappa shape index (κ1) is 11.7. The standard InChI is InChI=1S/C12H10Br2N2/c1-7-3-8(2)5-9(4-7)12-15-10(13)6-11(14)16-12/h3-6H,1-2H3. The minimum absolute atomic E-state index is 0.730. The van der Waals surface area contributed by atoms with Gasteiger partial charge in [-0.3, -0.25) is 0 Å². The van der Waals surface area contributed by atoms with Crippen LogP contribution in [0.2, 0.25) is 0 Å². The van der Waals surface area contributed by atoms with Crippen LogP contribution in [-0.4, -0.2) is 9.97 Å². The van der Waals surface area contributed by atoms with Crippen molar-refractivity contribution in [3.8, 4) is 11.4 Å². The molecule has 2 aromatic rings. The van der Waals surface area contributed by atoms with E-state index in [1.165, 1.54) is 11.1 Å². The average Bonchev–Trinajstić information content (AvgIpc) is 2.14. The molecule has 2 rings (SSSR count). The van der Waals surface area contributed by atoms with Crippen LogP contribution >= 0.6 is 31.9 Å². The zero-order valence-corrected chi connectivity index (χ0v) is 12.1. The highest BCUT2D eigenvalue weighted by atomic mass is 79.9. The van der Waals surface area contributed by atoms with Crippen molar-refractivity contribution in [1.82, 2.24) is 9.97 Å². The average molecular weight is 342 g/mol. The zero-order valence-electron chi connectivity index (χ0n) is 8.96. The quantitative estimate of drug-likeness (QED) is 0.723. The summed E-state index contributed by atoms with van der Waals surface area (Å²) in [5.41, 5.74) is 3.48. The molecular weight excluding hydrogens is 332 g/mol. The van der Waals surface area contributed by atoms with Gasteiger partial charge in [0.15, 0.2) is 5.82 Å². The van der Waals surface area contributed by atoms with E-state index in [1.54, 1.807) is 0 Å². The van der Waals surface area contributed by atoms with Gasteiger partial charge in [-0.25, -0.2) is 9.97 Å². The van der Waals surface area contributed by atoms with Crippen LogP contribution in [0.5, 0.6) is 0 Å². The minimum atomic E-state index is 0.730. The molecule has 2 nitrogen and oxygen atoms in total. The van der Waals surface area contributed by atoms with Gasteiger partial charge in [0.2, 0.25) is 0 Å². The molecule has 1 aromatic heterocycles. The highest BCUT2D eigenvalue weighted by Gasteiger charge is 2.05. The van der Waals surface area contributed by atoms with Gasteiger partial charge in [0.05, 0.1) is 0 Å². The predicted molar refractivity (Wildman–Crippen MR) is 72.3 cm³/mol. The van der Waals surface area contributed by atoms with Gasteiger partial charge in [0.1, 0.15) is 9.21 Å². The van der Waals surface area contributed by atoms with Gasteiger partial charge in [-0.1, -0.05) is 17.2 Å². The molecule has 0 N–H and O–H groups in total. The summed E-state index contributed by atoms with van der Waals surface area (Å²) in [5.74, 6) is 0.730. The van der Waals surface area contributed by atoms with E-state index < -0.39 is 0 Å². The van der Waals surface area contributed by atoms with Crippen LogP contribution in [0.1, 0.15) is 11.1 Å². The molecule has 0 aliphatic heterocycles. The van der Waals surface area contributed by atoms with Crippen LogP contribution in [-0.2, 0) is 0 Å². The molecule has 0 saturated heterocycles. The molecule has 0 unspecified atom stereocenters. The summed E-state index contributed by atoms with van der Waals surface area (Å²) in [7, 11) is 0. The smallest absolute Gasteiger partial charge is 0.161 e. The first-order valence-electron chi connectivity index (χ1n) is 4.83. The largest absolute Gasteiger partial charge is 0.221 e. The molecule has 16 heavy (non-hydrogen) atoms. The van der Waals surface area contributed by atoms with Crippen LogP contribution in [0, 0.1) is 13.8 Å². The Morgan fingerprint density at radius 3 is 1.81 bits per heavy atom. The van der Waals surface area contributed by atoms with E-state index in [9.17, 15) is 0 Å². The third-order valence-electron chi connectivity index (χ3n) is 2.14. The minimum Gasteiger partial charge on any atom is -0.221 e. The molecule has 0 saturated carbocycles. The molecule has 0 fully saturated rings. The fourth-order valence-corrected chi connectivity index (χ4v) is 2.70. The van der Waals surface area contributed by atoms with Crippen molar-refractivity contribution in [2.24, 2.45) is 0 Å². The number of benzene rings is 1. The molecule has 0 aliphatic rings. The van der Waals surface area contributed by atoms with Crippen LogP contribution < -0.4 is 0 Å². The Balaban J connectivity index is 2.57. The SMILES string of the molecule is Cc1cc(C)cc(-c2nc(Br)cc(Br)n2)c1. The summed E-state index contributed by atoms with van der Waals surface area (Å²) in [6, 6.07) is 8.13. The Kier molecular flexibility index (Phi) is 3.40. The van der Waals surface area contributed by atoms with Crippen molar-refractivity contribution in [3.05, 3.63) is 44.6 Å². The van der Waals surface area contributed by atoms with Gasteiger partial charge in [0.25, 0.3) is 0 Å². The van der Waals surface area contributed by atoms with Crippen molar-refractivity contribution in [1.29, 1.82) is 0 Å². The number of hydrogen-bond acceptors (Lipinski definition) is 2. The van der Waals surface area contributed by atoms with Crippen molar-refractivity contribution in [2.75, 3.05) is 0 Å². The van der Waals surface area contributed by atoms with E-state index in [2.05, 4.69) is 73.9 Å². The highest BCUT2D eigenvalue weighted by Crippen LogP contribution is 2.22. The lowest BCUT2D eigenvalue weighted by Gasteiger charge is -2.04. The monoisotopic (exact) mass is 340 g/mol. The number of rotatable bonds is 1. The third kappa shape index (κ3) is 2.68. The number of nitrogens with zero attached hydrogens (tertiary/aromatic N) is 2. The molecule has 0 amide bonds. The predicted octanol–water partition coefficient (Wildman–Crippen LogP) is 4.29. The fraction of sp³-hybridized carbons (Fsp3) is 0.167.